The molecule has 2 aliphatic carbocycles. The van der Waals surface area contributed by atoms with Crippen molar-refractivity contribution < 1.29 is 38.1 Å². The second-order valence-corrected chi connectivity index (χ2v) is 7.70. The van der Waals surface area contributed by atoms with Gasteiger partial charge in [-0.25, -0.2) is 0 Å². The van der Waals surface area contributed by atoms with Gasteiger partial charge in [-0.15, -0.1) is 0 Å². The van der Waals surface area contributed by atoms with Gasteiger partial charge in [0, 0.05) is 0 Å². The summed E-state index contributed by atoms with van der Waals surface area (Å²) in [4.78, 5) is 52.5. The Kier molecular flexibility index (Phi) is 5.61. The van der Waals surface area contributed by atoms with Gasteiger partial charge in [0.05, 0.1) is 28.4 Å². The Balaban J connectivity index is 2.06. The highest BCUT2D eigenvalue weighted by atomic mass is 16.6. The van der Waals surface area contributed by atoms with Crippen LogP contribution in [0.3, 0.4) is 0 Å². The van der Waals surface area contributed by atoms with Crippen LogP contribution in [0.5, 0.6) is 0 Å². The molecule has 8 heteroatoms. The minimum atomic E-state index is -1.94. The molecule has 0 spiro atoms. The molecule has 2 aromatic carbocycles. The van der Waals surface area contributed by atoms with Gasteiger partial charge in [0.15, 0.2) is 0 Å². The third-order valence-electron chi connectivity index (χ3n) is 6.22. The molecule has 2 aromatic rings. The molecule has 0 fully saturated rings. The molecule has 0 unspecified atom stereocenters. The quantitative estimate of drug-likeness (QED) is 0.351. The molecule has 174 valence electrons. The Morgan fingerprint density at radius 2 is 0.735 bits per heavy atom. The Morgan fingerprint density at radius 3 is 0.971 bits per heavy atom. The van der Waals surface area contributed by atoms with E-state index in [4.69, 9.17) is 18.9 Å². The first-order chi connectivity index (χ1) is 16.4. The van der Waals surface area contributed by atoms with E-state index in [1.165, 1.54) is 0 Å². The van der Waals surface area contributed by atoms with Gasteiger partial charge in [-0.05, 0) is 33.4 Å². The number of benzene rings is 2. The van der Waals surface area contributed by atoms with Crippen molar-refractivity contribution >= 4 is 35.0 Å². The predicted molar refractivity (Wildman–Crippen MR) is 120 cm³/mol. The zero-order valence-electron chi connectivity index (χ0n) is 19.0. The number of methoxy groups -OCH3 is 4. The van der Waals surface area contributed by atoms with Crippen LogP contribution in [-0.2, 0) is 38.1 Å². The lowest BCUT2D eigenvalue weighted by molar-refractivity contribution is -0.162. The van der Waals surface area contributed by atoms with Crippen LogP contribution in [0.4, 0.5) is 0 Å². The van der Waals surface area contributed by atoms with Gasteiger partial charge in [0.25, 0.3) is 0 Å². The summed E-state index contributed by atoms with van der Waals surface area (Å²) < 4.78 is 20.0. The van der Waals surface area contributed by atoms with Crippen molar-refractivity contribution in [3.63, 3.8) is 0 Å². The van der Waals surface area contributed by atoms with Crippen LogP contribution in [-0.4, -0.2) is 52.3 Å². The molecule has 0 heterocycles. The molecule has 0 radical (unpaired) electrons. The van der Waals surface area contributed by atoms with Gasteiger partial charge in [-0.3, -0.25) is 19.2 Å². The summed E-state index contributed by atoms with van der Waals surface area (Å²) in [6, 6.07) is 17.4. The SMILES string of the molecule is COC(=O)C1(C(=O)OC)C(C2=C(c3ccccc3)C2(C(=O)OC)C(=O)OC)=C1c1ccccc1. The molecule has 8 nitrogen and oxygen atoms in total. The van der Waals surface area contributed by atoms with E-state index in [0.29, 0.717) is 22.3 Å². The molecule has 0 saturated heterocycles. The molecule has 4 rings (SSSR count). The van der Waals surface area contributed by atoms with Crippen LogP contribution < -0.4 is 0 Å². The number of hydrogen-bond acceptors (Lipinski definition) is 8. The van der Waals surface area contributed by atoms with Crippen molar-refractivity contribution in [3.8, 4) is 0 Å². The van der Waals surface area contributed by atoms with Crippen molar-refractivity contribution in [2.45, 2.75) is 0 Å². The molecule has 2 aliphatic rings. The summed E-state index contributed by atoms with van der Waals surface area (Å²) in [5.41, 5.74) is -1.85. The van der Waals surface area contributed by atoms with Crippen molar-refractivity contribution in [1.29, 1.82) is 0 Å². The normalized spacial score (nSPS) is 16.9. The van der Waals surface area contributed by atoms with E-state index in [2.05, 4.69) is 0 Å². The van der Waals surface area contributed by atoms with E-state index in [-0.39, 0.29) is 11.1 Å². The molecule has 0 saturated carbocycles. The van der Waals surface area contributed by atoms with Gasteiger partial charge in [-0.2, -0.15) is 0 Å². The lowest BCUT2D eigenvalue weighted by atomic mass is 9.89. The average molecular weight is 462 g/mol. The molecule has 0 aliphatic heterocycles. The lowest BCUT2D eigenvalue weighted by Crippen LogP contribution is -2.36. The maximum absolute atomic E-state index is 13.1. The number of carbonyl (C=O) groups is 4. The highest BCUT2D eigenvalue weighted by Gasteiger charge is 2.78. The molecule has 0 bridgehead atoms. The maximum Gasteiger partial charge on any atom is 0.332 e. The molecule has 0 amide bonds. The molecule has 0 N–H and O–H groups in total. The van der Waals surface area contributed by atoms with Gasteiger partial charge in [0.2, 0.25) is 10.8 Å². The van der Waals surface area contributed by atoms with Crippen LogP contribution >= 0.6 is 0 Å². The number of rotatable bonds is 7. The minimum Gasteiger partial charge on any atom is -0.468 e. The standard InChI is InChI=1S/C26H22O8/c1-31-21(27)25(22(28)32-2)17(15-11-7-5-8-12-15)19(25)20-18(16-13-9-6-10-14-16)26(20,23(29)33-3)24(30)34-4/h5-14H,1-4H3. The van der Waals surface area contributed by atoms with E-state index >= 15 is 0 Å². The monoisotopic (exact) mass is 462 g/mol. The summed E-state index contributed by atoms with van der Waals surface area (Å²) in [6.45, 7) is 0. The Hall–Kier alpha value is -4.20. The smallest absolute Gasteiger partial charge is 0.332 e. The Labute approximate surface area is 195 Å². The largest absolute Gasteiger partial charge is 0.468 e. The molecule has 0 aromatic heterocycles. The van der Waals surface area contributed by atoms with Crippen molar-refractivity contribution in [2.75, 3.05) is 28.4 Å². The molecular weight excluding hydrogens is 440 g/mol. The fraction of sp³-hybridized carbons (Fsp3) is 0.231. The van der Waals surface area contributed by atoms with E-state index < -0.39 is 34.7 Å². The first kappa shape index (κ1) is 23.0. The maximum atomic E-state index is 13.1. The van der Waals surface area contributed by atoms with Crippen molar-refractivity contribution in [2.24, 2.45) is 10.8 Å². The van der Waals surface area contributed by atoms with Crippen LogP contribution in [0.1, 0.15) is 11.1 Å². The van der Waals surface area contributed by atoms with Crippen LogP contribution in [0.2, 0.25) is 0 Å². The molecular formula is C26H22O8. The van der Waals surface area contributed by atoms with Gasteiger partial charge in [0.1, 0.15) is 0 Å². The highest BCUT2D eigenvalue weighted by Crippen LogP contribution is 2.74. The minimum absolute atomic E-state index is 0.173. The molecule has 34 heavy (non-hydrogen) atoms. The van der Waals surface area contributed by atoms with Crippen LogP contribution in [0.25, 0.3) is 11.1 Å². The Bertz CT molecular complexity index is 1120. The van der Waals surface area contributed by atoms with Crippen LogP contribution in [0, 0.1) is 10.8 Å². The van der Waals surface area contributed by atoms with Crippen molar-refractivity contribution in [3.05, 3.63) is 82.9 Å². The summed E-state index contributed by atoms with van der Waals surface area (Å²) >= 11 is 0. The second-order valence-electron chi connectivity index (χ2n) is 7.70. The molecule has 0 atom stereocenters. The zero-order valence-corrected chi connectivity index (χ0v) is 19.0. The average Bonchev–Trinajstić information content (AvgIpc) is 3.78. The summed E-state index contributed by atoms with van der Waals surface area (Å²) in [6.07, 6.45) is 0. The topological polar surface area (TPSA) is 105 Å². The number of esters is 4. The van der Waals surface area contributed by atoms with Gasteiger partial charge >= 0.3 is 23.9 Å². The number of ether oxygens (including phenoxy) is 4. The third kappa shape index (κ3) is 2.84. The first-order valence-corrected chi connectivity index (χ1v) is 10.3. The zero-order chi connectivity index (χ0) is 24.7. The fourth-order valence-corrected chi connectivity index (χ4v) is 4.71. The van der Waals surface area contributed by atoms with E-state index in [1.807, 2.05) is 0 Å². The third-order valence-corrected chi connectivity index (χ3v) is 6.22. The van der Waals surface area contributed by atoms with E-state index in [0.717, 1.165) is 28.4 Å². The fourth-order valence-electron chi connectivity index (χ4n) is 4.71. The van der Waals surface area contributed by atoms with Gasteiger partial charge < -0.3 is 18.9 Å². The first-order valence-electron chi connectivity index (χ1n) is 10.3. The number of carbonyl (C=O) groups excluding carboxylic acids is 4. The van der Waals surface area contributed by atoms with Gasteiger partial charge in [-0.1, -0.05) is 60.7 Å². The summed E-state index contributed by atoms with van der Waals surface area (Å²) in [5.74, 6) is -3.54. The number of hydrogen-bond donors (Lipinski definition) is 0. The highest BCUT2D eigenvalue weighted by molar-refractivity contribution is 6.35. The second kappa shape index (κ2) is 8.30. The lowest BCUT2D eigenvalue weighted by Gasteiger charge is -2.17. The van der Waals surface area contributed by atoms with E-state index in [1.54, 1.807) is 60.7 Å². The van der Waals surface area contributed by atoms with E-state index in [9.17, 15) is 19.2 Å². The summed E-state index contributed by atoms with van der Waals surface area (Å²) in [5, 5.41) is 0. The van der Waals surface area contributed by atoms with Crippen LogP contribution in [0.15, 0.2) is 71.8 Å². The predicted octanol–water partition coefficient (Wildman–Crippen LogP) is 2.59. The van der Waals surface area contributed by atoms with Crippen molar-refractivity contribution in [1.82, 2.24) is 0 Å². The summed E-state index contributed by atoms with van der Waals surface area (Å²) in [7, 11) is 4.61. The Morgan fingerprint density at radius 1 is 0.471 bits per heavy atom.